The number of nitrogens with zero attached hydrogens (tertiary/aromatic N) is 4. The highest BCUT2D eigenvalue weighted by Gasteiger charge is 2.16. The molecule has 0 radical (unpaired) electrons. The maximum absolute atomic E-state index is 13.1. The number of pyridine rings is 1. The van der Waals surface area contributed by atoms with Crippen molar-refractivity contribution in [2.45, 2.75) is 13.1 Å². The van der Waals surface area contributed by atoms with Crippen molar-refractivity contribution in [2.24, 2.45) is 0 Å². The summed E-state index contributed by atoms with van der Waals surface area (Å²) in [5.74, 6) is -0.241. The molecule has 4 aromatic rings. The molecular weight excluding hydrogens is 440 g/mol. The quantitative estimate of drug-likeness (QED) is 0.428. The summed E-state index contributed by atoms with van der Waals surface area (Å²) in [5.41, 5.74) is 6.24. The number of anilines is 1. The number of fused-ring (bicyclic) bond motifs is 1. The maximum Gasteiger partial charge on any atom is 0.276 e. The lowest BCUT2D eigenvalue weighted by Crippen LogP contribution is -2.35. The third kappa shape index (κ3) is 5.57. The Morgan fingerprint density at radius 2 is 1.91 bits per heavy atom. The average Bonchev–Trinajstić information content (AvgIpc) is 3.28. The molecular formula is C27H30N6O2. The fourth-order valence-electron chi connectivity index (χ4n) is 4.42. The molecule has 3 heterocycles. The molecule has 0 aliphatic carbocycles. The van der Waals surface area contributed by atoms with Gasteiger partial charge in [-0.15, -0.1) is 0 Å². The van der Waals surface area contributed by atoms with Gasteiger partial charge < -0.3 is 15.0 Å². The third-order valence-corrected chi connectivity index (χ3v) is 6.10. The molecule has 0 saturated carbocycles. The molecule has 180 valence electrons. The van der Waals surface area contributed by atoms with E-state index in [2.05, 4.69) is 36.4 Å². The SMILES string of the molecule is CN(C)Cc1cccc(NC(=O)c2n[nH]c3ccc(-c4cncc(CN5CCOCC5)c4)cc23)c1. The second-order valence-electron chi connectivity index (χ2n) is 9.20. The number of hydrogen-bond acceptors (Lipinski definition) is 6. The van der Waals surface area contributed by atoms with E-state index in [0.717, 1.165) is 78.2 Å². The van der Waals surface area contributed by atoms with Crippen LogP contribution in [0.1, 0.15) is 21.6 Å². The summed E-state index contributed by atoms with van der Waals surface area (Å²) in [5, 5.41) is 11.1. The lowest BCUT2D eigenvalue weighted by molar-refractivity contribution is 0.0341. The van der Waals surface area contributed by atoms with Crippen LogP contribution in [0.2, 0.25) is 0 Å². The van der Waals surface area contributed by atoms with E-state index in [-0.39, 0.29) is 5.91 Å². The van der Waals surface area contributed by atoms with Crippen molar-refractivity contribution >= 4 is 22.5 Å². The number of hydrogen-bond donors (Lipinski definition) is 2. The maximum atomic E-state index is 13.1. The predicted octanol–water partition coefficient (Wildman–Crippen LogP) is 3.77. The number of benzene rings is 2. The van der Waals surface area contributed by atoms with Crippen molar-refractivity contribution in [3.8, 4) is 11.1 Å². The first-order valence-electron chi connectivity index (χ1n) is 11.8. The second kappa shape index (κ2) is 10.4. The van der Waals surface area contributed by atoms with E-state index in [1.807, 2.05) is 69.0 Å². The van der Waals surface area contributed by atoms with Gasteiger partial charge in [-0.1, -0.05) is 18.2 Å². The number of carbonyl (C=O) groups is 1. The van der Waals surface area contributed by atoms with Crippen LogP contribution in [0, 0.1) is 0 Å². The highest BCUT2D eigenvalue weighted by molar-refractivity contribution is 6.11. The summed E-state index contributed by atoms with van der Waals surface area (Å²) in [4.78, 5) is 22.1. The number of H-pyrrole nitrogens is 1. The van der Waals surface area contributed by atoms with Gasteiger partial charge in [0, 0.05) is 55.2 Å². The first kappa shape index (κ1) is 23.2. The van der Waals surface area contributed by atoms with Crippen LogP contribution in [0.15, 0.2) is 60.9 Å². The molecule has 0 bridgehead atoms. The Kier molecular flexibility index (Phi) is 6.85. The molecule has 0 unspecified atom stereocenters. The van der Waals surface area contributed by atoms with Crippen molar-refractivity contribution in [1.82, 2.24) is 25.0 Å². The Morgan fingerprint density at radius 1 is 1.06 bits per heavy atom. The van der Waals surface area contributed by atoms with E-state index in [1.165, 1.54) is 0 Å². The molecule has 8 nitrogen and oxygen atoms in total. The molecule has 2 aromatic heterocycles. The first-order chi connectivity index (χ1) is 17.0. The minimum absolute atomic E-state index is 0.241. The molecule has 0 spiro atoms. The zero-order valence-corrected chi connectivity index (χ0v) is 20.1. The summed E-state index contributed by atoms with van der Waals surface area (Å²) in [6, 6.07) is 16.0. The van der Waals surface area contributed by atoms with Gasteiger partial charge in [0.05, 0.1) is 18.7 Å². The summed E-state index contributed by atoms with van der Waals surface area (Å²) in [6.45, 7) is 5.06. The van der Waals surface area contributed by atoms with Crippen LogP contribution in [0.4, 0.5) is 5.69 Å². The number of carbonyl (C=O) groups excluding carboxylic acids is 1. The molecule has 1 saturated heterocycles. The van der Waals surface area contributed by atoms with E-state index < -0.39 is 0 Å². The molecule has 1 aliphatic heterocycles. The number of nitrogens with one attached hydrogen (secondary N) is 2. The zero-order valence-electron chi connectivity index (χ0n) is 20.1. The molecule has 5 rings (SSSR count). The van der Waals surface area contributed by atoms with Gasteiger partial charge in [-0.05, 0) is 61.1 Å². The third-order valence-electron chi connectivity index (χ3n) is 6.10. The molecule has 1 aliphatic rings. The highest BCUT2D eigenvalue weighted by atomic mass is 16.5. The number of morpholine rings is 1. The van der Waals surface area contributed by atoms with Crippen molar-refractivity contribution in [3.05, 3.63) is 77.7 Å². The van der Waals surface area contributed by atoms with Crippen molar-refractivity contribution in [1.29, 1.82) is 0 Å². The van der Waals surface area contributed by atoms with Gasteiger partial charge in [-0.3, -0.25) is 19.8 Å². The Morgan fingerprint density at radius 3 is 2.74 bits per heavy atom. The average molecular weight is 471 g/mol. The summed E-state index contributed by atoms with van der Waals surface area (Å²) >= 11 is 0. The Bertz CT molecular complexity index is 1330. The van der Waals surface area contributed by atoms with Gasteiger partial charge in [0.15, 0.2) is 5.69 Å². The van der Waals surface area contributed by atoms with Gasteiger partial charge in [-0.25, -0.2) is 0 Å². The smallest absolute Gasteiger partial charge is 0.276 e. The second-order valence-corrected chi connectivity index (χ2v) is 9.20. The normalized spacial score (nSPS) is 14.5. The number of ether oxygens (including phenoxy) is 1. The van der Waals surface area contributed by atoms with Gasteiger partial charge in [-0.2, -0.15) is 5.10 Å². The van der Waals surface area contributed by atoms with Crippen molar-refractivity contribution < 1.29 is 9.53 Å². The molecule has 1 amide bonds. The number of aromatic nitrogens is 3. The molecule has 2 N–H and O–H groups in total. The van der Waals surface area contributed by atoms with Crippen LogP contribution in [-0.2, 0) is 17.8 Å². The van der Waals surface area contributed by atoms with E-state index in [4.69, 9.17) is 4.74 Å². The summed E-state index contributed by atoms with van der Waals surface area (Å²) < 4.78 is 5.45. The Hall–Kier alpha value is -3.59. The van der Waals surface area contributed by atoms with Crippen LogP contribution in [0.5, 0.6) is 0 Å². The van der Waals surface area contributed by atoms with Crippen LogP contribution in [0.25, 0.3) is 22.0 Å². The Balaban J connectivity index is 1.37. The lowest BCUT2D eigenvalue weighted by Gasteiger charge is -2.26. The van der Waals surface area contributed by atoms with Crippen LogP contribution in [-0.4, -0.2) is 71.3 Å². The van der Waals surface area contributed by atoms with Crippen LogP contribution < -0.4 is 5.32 Å². The zero-order chi connectivity index (χ0) is 24.2. The molecule has 1 fully saturated rings. The summed E-state index contributed by atoms with van der Waals surface area (Å²) in [6.07, 6.45) is 3.78. The van der Waals surface area contributed by atoms with E-state index >= 15 is 0 Å². The first-order valence-corrected chi connectivity index (χ1v) is 11.8. The minimum Gasteiger partial charge on any atom is -0.379 e. The van der Waals surface area contributed by atoms with Crippen LogP contribution in [0.3, 0.4) is 0 Å². The van der Waals surface area contributed by atoms with E-state index in [1.54, 1.807) is 0 Å². The predicted molar refractivity (Wildman–Crippen MR) is 137 cm³/mol. The fourth-order valence-corrected chi connectivity index (χ4v) is 4.42. The fraction of sp³-hybridized carbons (Fsp3) is 0.296. The van der Waals surface area contributed by atoms with Gasteiger partial charge in [0.1, 0.15) is 0 Å². The van der Waals surface area contributed by atoms with Gasteiger partial charge >= 0.3 is 0 Å². The number of amides is 1. The monoisotopic (exact) mass is 470 g/mol. The minimum atomic E-state index is -0.241. The molecule has 0 atom stereocenters. The largest absolute Gasteiger partial charge is 0.379 e. The van der Waals surface area contributed by atoms with E-state index in [9.17, 15) is 4.79 Å². The summed E-state index contributed by atoms with van der Waals surface area (Å²) in [7, 11) is 4.04. The topological polar surface area (TPSA) is 86.4 Å². The van der Waals surface area contributed by atoms with Gasteiger partial charge in [0.25, 0.3) is 5.91 Å². The Labute approximate surface area is 204 Å². The molecule has 2 aromatic carbocycles. The van der Waals surface area contributed by atoms with Crippen LogP contribution >= 0.6 is 0 Å². The number of aromatic amines is 1. The molecule has 35 heavy (non-hydrogen) atoms. The van der Waals surface area contributed by atoms with Gasteiger partial charge in [0.2, 0.25) is 0 Å². The van der Waals surface area contributed by atoms with Crippen molar-refractivity contribution in [3.63, 3.8) is 0 Å². The lowest BCUT2D eigenvalue weighted by atomic mass is 10.0. The van der Waals surface area contributed by atoms with E-state index in [0.29, 0.717) is 5.69 Å². The highest BCUT2D eigenvalue weighted by Crippen LogP contribution is 2.26. The molecule has 8 heteroatoms. The standard InChI is InChI=1S/C27H30N6O2/c1-32(2)17-19-4-3-5-23(13-19)29-27(34)26-24-14-21(6-7-25(24)30-31-26)22-12-20(15-28-16-22)18-33-8-10-35-11-9-33/h3-7,12-16H,8-11,17-18H2,1-2H3,(H,29,34)(H,30,31). The van der Waals surface area contributed by atoms with Crippen molar-refractivity contribution in [2.75, 3.05) is 45.7 Å². The number of rotatable bonds is 7.